The van der Waals surface area contributed by atoms with Crippen LogP contribution in [0.2, 0.25) is 0 Å². The summed E-state index contributed by atoms with van der Waals surface area (Å²) in [6.45, 7) is 0. The molecule has 2 unspecified atom stereocenters. The number of nitrogens with zero attached hydrogens (tertiary/aromatic N) is 1. The van der Waals surface area contributed by atoms with Crippen LogP contribution in [0.15, 0.2) is 24.5 Å². The van der Waals surface area contributed by atoms with Gasteiger partial charge in [-0.15, -0.1) is 0 Å². The average Bonchev–Trinajstić information content (AvgIpc) is 3.04. The van der Waals surface area contributed by atoms with Crippen LogP contribution in [0, 0.1) is 0 Å². The molecule has 1 amide bonds. The molecule has 2 atom stereocenters. The first-order chi connectivity index (χ1) is 9.78. The molecule has 4 rings (SSSR count). The zero-order chi connectivity index (χ0) is 13.5. The van der Waals surface area contributed by atoms with E-state index in [4.69, 9.17) is 0 Å². The minimum Gasteiger partial charge on any atom is -0.349 e. The zero-order valence-electron chi connectivity index (χ0n) is 11.2. The molecule has 2 aliphatic heterocycles. The van der Waals surface area contributed by atoms with Gasteiger partial charge in [0.15, 0.2) is 0 Å². The monoisotopic (exact) mass is 270 g/mol. The van der Waals surface area contributed by atoms with Crippen molar-refractivity contribution in [1.82, 2.24) is 20.6 Å². The van der Waals surface area contributed by atoms with Gasteiger partial charge in [-0.2, -0.15) is 0 Å². The van der Waals surface area contributed by atoms with Gasteiger partial charge in [0.25, 0.3) is 5.91 Å². The number of carbonyl (C=O) groups is 1. The number of nitrogens with one attached hydrogen (secondary N) is 3. The summed E-state index contributed by atoms with van der Waals surface area (Å²) >= 11 is 0. The molecule has 1 aromatic carbocycles. The Bertz CT molecular complexity index is 638. The SMILES string of the molecule is O=C(NC1CC2CCC(C1)N2)c1ccc2nc[nH]c2c1. The molecule has 104 valence electrons. The van der Waals surface area contributed by atoms with Gasteiger partial charge in [-0.05, 0) is 43.9 Å². The molecule has 5 heteroatoms. The van der Waals surface area contributed by atoms with Crippen LogP contribution in [0.1, 0.15) is 36.0 Å². The van der Waals surface area contributed by atoms with Crippen LogP contribution in [0.3, 0.4) is 0 Å². The van der Waals surface area contributed by atoms with Crippen LogP contribution in [0.5, 0.6) is 0 Å². The van der Waals surface area contributed by atoms with Crippen molar-refractivity contribution < 1.29 is 4.79 Å². The third-order valence-electron chi connectivity index (χ3n) is 4.49. The van der Waals surface area contributed by atoms with Crippen molar-refractivity contribution in [2.75, 3.05) is 0 Å². The summed E-state index contributed by atoms with van der Waals surface area (Å²) < 4.78 is 0. The van der Waals surface area contributed by atoms with Gasteiger partial charge in [-0.1, -0.05) is 0 Å². The van der Waals surface area contributed by atoms with Crippen molar-refractivity contribution in [3.63, 3.8) is 0 Å². The molecule has 1 aromatic heterocycles. The maximum atomic E-state index is 12.3. The van der Waals surface area contributed by atoms with Crippen LogP contribution in [-0.4, -0.2) is 34.0 Å². The molecular weight excluding hydrogens is 252 g/mol. The molecule has 5 nitrogen and oxygen atoms in total. The van der Waals surface area contributed by atoms with Crippen molar-refractivity contribution in [3.8, 4) is 0 Å². The summed E-state index contributed by atoms with van der Waals surface area (Å²) in [5, 5.41) is 6.77. The van der Waals surface area contributed by atoms with Gasteiger partial charge in [0.2, 0.25) is 0 Å². The minimum atomic E-state index is 0.0211. The second-order valence-electron chi connectivity index (χ2n) is 5.91. The third-order valence-corrected chi connectivity index (χ3v) is 4.49. The number of carbonyl (C=O) groups excluding carboxylic acids is 1. The van der Waals surface area contributed by atoms with E-state index in [0.29, 0.717) is 23.7 Å². The molecule has 2 aromatic rings. The lowest BCUT2D eigenvalue weighted by Gasteiger charge is -2.29. The summed E-state index contributed by atoms with van der Waals surface area (Å²) in [5.41, 5.74) is 2.50. The summed E-state index contributed by atoms with van der Waals surface area (Å²) in [6.07, 6.45) is 6.24. The van der Waals surface area contributed by atoms with Gasteiger partial charge < -0.3 is 15.6 Å². The molecule has 2 fully saturated rings. The van der Waals surface area contributed by atoms with Crippen molar-refractivity contribution >= 4 is 16.9 Å². The molecule has 20 heavy (non-hydrogen) atoms. The average molecular weight is 270 g/mol. The Morgan fingerprint density at radius 2 is 2.05 bits per heavy atom. The van der Waals surface area contributed by atoms with Crippen LogP contribution in [-0.2, 0) is 0 Å². The Kier molecular flexibility index (Phi) is 2.73. The summed E-state index contributed by atoms with van der Waals surface area (Å²) in [5.74, 6) is 0.0211. The first-order valence-corrected chi connectivity index (χ1v) is 7.28. The molecule has 0 aliphatic carbocycles. The van der Waals surface area contributed by atoms with Crippen LogP contribution in [0.4, 0.5) is 0 Å². The number of aromatic amines is 1. The van der Waals surface area contributed by atoms with Crippen molar-refractivity contribution in [1.29, 1.82) is 0 Å². The lowest BCUT2D eigenvalue weighted by molar-refractivity contribution is 0.0924. The summed E-state index contributed by atoms with van der Waals surface area (Å²) in [7, 11) is 0. The number of hydrogen-bond acceptors (Lipinski definition) is 3. The Morgan fingerprint density at radius 1 is 1.25 bits per heavy atom. The Labute approximate surface area is 117 Å². The molecule has 0 radical (unpaired) electrons. The van der Waals surface area contributed by atoms with E-state index in [0.717, 1.165) is 23.9 Å². The minimum absolute atomic E-state index is 0.0211. The largest absolute Gasteiger partial charge is 0.349 e. The molecule has 3 N–H and O–H groups in total. The normalized spacial score (nSPS) is 28.7. The van der Waals surface area contributed by atoms with E-state index < -0.39 is 0 Å². The summed E-state index contributed by atoms with van der Waals surface area (Å²) in [4.78, 5) is 19.6. The number of hydrogen-bond donors (Lipinski definition) is 3. The third kappa shape index (κ3) is 2.08. The Morgan fingerprint density at radius 3 is 2.85 bits per heavy atom. The van der Waals surface area contributed by atoms with E-state index in [-0.39, 0.29) is 5.91 Å². The van der Waals surface area contributed by atoms with E-state index in [1.807, 2.05) is 18.2 Å². The standard InChI is InChI=1S/C15H18N4O/c20-15(9-1-4-13-14(5-9)17-8-16-13)19-12-6-10-2-3-11(7-12)18-10/h1,4-5,8,10-12,18H,2-3,6-7H2,(H,16,17)(H,19,20). The topological polar surface area (TPSA) is 69.8 Å². The molecule has 2 aliphatic rings. The van der Waals surface area contributed by atoms with Gasteiger partial charge in [0.1, 0.15) is 0 Å². The number of imidazole rings is 1. The second-order valence-corrected chi connectivity index (χ2v) is 5.91. The Hall–Kier alpha value is -1.88. The summed E-state index contributed by atoms with van der Waals surface area (Å²) in [6, 6.07) is 7.08. The molecular formula is C15H18N4O. The highest BCUT2D eigenvalue weighted by atomic mass is 16.1. The molecule has 0 spiro atoms. The van der Waals surface area contributed by atoms with Gasteiger partial charge in [0.05, 0.1) is 17.4 Å². The maximum absolute atomic E-state index is 12.3. The lowest BCUT2D eigenvalue weighted by atomic mass is 9.99. The van der Waals surface area contributed by atoms with E-state index in [1.165, 1.54) is 12.8 Å². The second kappa shape index (κ2) is 4.59. The lowest BCUT2D eigenvalue weighted by Crippen LogP contribution is -2.48. The quantitative estimate of drug-likeness (QED) is 0.776. The fourth-order valence-electron chi connectivity index (χ4n) is 3.52. The fourth-order valence-corrected chi connectivity index (χ4v) is 3.52. The van der Waals surface area contributed by atoms with Gasteiger partial charge in [-0.25, -0.2) is 4.98 Å². The molecule has 2 saturated heterocycles. The van der Waals surface area contributed by atoms with E-state index in [1.54, 1.807) is 6.33 Å². The van der Waals surface area contributed by atoms with Crippen molar-refractivity contribution in [2.45, 2.75) is 43.8 Å². The van der Waals surface area contributed by atoms with E-state index >= 15 is 0 Å². The number of fused-ring (bicyclic) bond motifs is 3. The predicted molar refractivity (Wildman–Crippen MR) is 76.5 cm³/mol. The number of aromatic nitrogens is 2. The van der Waals surface area contributed by atoms with Crippen molar-refractivity contribution in [2.24, 2.45) is 0 Å². The highest BCUT2D eigenvalue weighted by Gasteiger charge is 2.34. The number of piperidine rings is 1. The van der Waals surface area contributed by atoms with Crippen LogP contribution >= 0.6 is 0 Å². The number of benzene rings is 1. The van der Waals surface area contributed by atoms with E-state index in [2.05, 4.69) is 20.6 Å². The highest BCUT2D eigenvalue weighted by Crippen LogP contribution is 2.27. The predicted octanol–water partition coefficient (Wildman–Crippen LogP) is 1.58. The Balaban J connectivity index is 1.49. The number of amides is 1. The van der Waals surface area contributed by atoms with Crippen LogP contribution in [0.25, 0.3) is 11.0 Å². The fraction of sp³-hybridized carbons (Fsp3) is 0.467. The van der Waals surface area contributed by atoms with E-state index in [9.17, 15) is 4.79 Å². The molecule has 2 bridgehead atoms. The molecule has 3 heterocycles. The molecule has 0 saturated carbocycles. The zero-order valence-corrected chi connectivity index (χ0v) is 11.2. The maximum Gasteiger partial charge on any atom is 0.251 e. The highest BCUT2D eigenvalue weighted by molar-refractivity contribution is 5.97. The van der Waals surface area contributed by atoms with Crippen LogP contribution < -0.4 is 10.6 Å². The first-order valence-electron chi connectivity index (χ1n) is 7.28. The van der Waals surface area contributed by atoms with Crippen molar-refractivity contribution in [3.05, 3.63) is 30.1 Å². The first kappa shape index (κ1) is 11.9. The van der Waals surface area contributed by atoms with Gasteiger partial charge in [-0.3, -0.25) is 4.79 Å². The number of H-pyrrole nitrogens is 1. The van der Waals surface area contributed by atoms with Gasteiger partial charge >= 0.3 is 0 Å². The smallest absolute Gasteiger partial charge is 0.251 e. The number of rotatable bonds is 2. The van der Waals surface area contributed by atoms with Gasteiger partial charge in [0, 0.05) is 23.7 Å².